The molecule has 0 aliphatic carbocycles. The van der Waals surface area contributed by atoms with Crippen LogP contribution < -0.4 is 38.9 Å². The quantitative estimate of drug-likeness (QED) is 0.0558. The first-order valence-electron chi connectivity index (χ1n) is 12.8. The Morgan fingerprint density at radius 3 is 1.98 bits per heavy atom. The molecule has 0 aromatic heterocycles. The lowest BCUT2D eigenvalue weighted by Gasteiger charge is -2.26. The summed E-state index contributed by atoms with van der Waals surface area (Å²) < 4.78 is 0. The van der Waals surface area contributed by atoms with E-state index in [1.54, 1.807) is 19.1 Å². The van der Waals surface area contributed by atoms with Crippen LogP contribution >= 0.6 is 0 Å². The number of carbonyl (C=O) groups is 5. The third kappa shape index (κ3) is 12.0. The summed E-state index contributed by atoms with van der Waals surface area (Å²) in [6.07, 6.45) is 0.161. The van der Waals surface area contributed by atoms with E-state index in [0.717, 1.165) is 0 Å². The number of carbonyl (C=O) groups excluding carboxylic acids is 4. The van der Waals surface area contributed by atoms with Crippen molar-refractivity contribution in [3.8, 4) is 5.75 Å². The van der Waals surface area contributed by atoms with E-state index in [1.165, 1.54) is 12.1 Å². The molecule has 0 bridgehead atoms. The maximum atomic E-state index is 13.4. The van der Waals surface area contributed by atoms with Crippen LogP contribution in [0, 0.1) is 5.92 Å². The fourth-order valence-corrected chi connectivity index (χ4v) is 3.58. The molecule has 5 unspecified atom stereocenters. The Kier molecular flexibility index (Phi) is 13.9. The number of hydrogen-bond donors (Lipinski definition) is 9. The van der Waals surface area contributed by atoms with Crippen LogP contribution in [0.5, 0.6) is 5.75 Å². The molecule has 15 heteroatoms. The number of benzene rings is 1. The fraction of sp³-hybridized carbons (Fsp3) is 0.520. The van der Waals surface area contributed by atoms with Crippen LogP contribution in [0.4, 0.5) is 0 Å². The third-order valence-corrected chi connectivity index (χ3v) is 6.17. The lowest BCUT2D eigenvalue weighted by molar-refractivity contribution is -0.143. The first-order valence-corrected chi connectivity index (χ1v) is 12.8. The van der Waals surface area contributed by atoms with E-state index in [-0.39, 0.29) is 43.4 Å². The molecule has 222 valence electrons. The number of hydrogen-bond acceptors (Lipinski definition) is 8. The number of carboxylic acids is 1. The largest absolute Gasteiger partial charge is 0.508 e. The highest BCUT2D eigenvalue weighted by atomic mass is 16.4. The zero-order valence-corrected chi connectivity index (χ0v) is 22.6. The number of nitrogens with two attached hydrogens (primary N) is 4. The second-order valence-electron chi connectivity index (χ2n) is 9.42. The van der Waals surface area contributed by atoms with Crippen molar-refractivity contribution in [1.82, 2.24) is 16.0 Å². The van der Waals surface area contributed by atoms with Gasteiger partial charge in [-0.05, 0) is 36.5 Å². The van der Waals surface area contributed by atoms with Crippen LogP contribution in [0.3, 0.4) is 0 Å². The lowest BCUT2D eigenvalue weighted by atomic mass is 9.98. The van der Waals surface area contributed by atoms with Crippen molar-refractivity contribution in [2.75, 3.05) is 6.54 Å². The summed E-state index contributed by atoms with van der Waals surface area (Å²) in [6, 6.07) is 0.990. The van der Waals surface area contributed by atoms with Gasteiger partial charge in [0.25, 0.3) is 0 Å². The Balaban J connectivity index is 3.22. The summed E-state index contributed by atoms with van der Waals surface area (Å²) >= 11 is 0. The van der Waals surface area contributed by atoms with Crippen molar-refractivity contribution in [3.63, 3.8) is 0 Å². The van der Waals surface area contributed by atoms with E-state index >= 15 is 0 Å². The van der Waals surface area contributed by atoms with Gasteiger partial charge in [0, 0.05) is 13.0 Å². The minimum absolute atomic E-state index is 0.00710. The van der Waals surface area contributed by atoms with Gasteiger partial charge in [0.2, 0.25) is 23.6 Å². The van der Waals surface area contributed by atoms with Crippen LogP contribution in [-0.4, -0.2) is 76.5 Å². The lowest BCUT2D eigenvalue weighted by Crippen LogP contribution is -2.58. The topological polar surface area (TPSA) is 278 Å². The predicted octanol–water partition coefficient (Wildman–Crippen LogP) is -2.22. The molecule has 0 saturated heterocycles. The Morgan fingerprint density at radius 2 is 1.45 bits per heavy atom. The highest BCUT2D eigenvalue weighted by molar-refractivity contribution is 5.95. The van der Waals surface area contributed by atoms with Crippen LogP contribution in [0.25, 0.3) is 0 Å². The molecule has 1 aromatic rings. The summed E-state index contributed by atoms with van der Waals surface area (Å²) in [6.45, 7) is 3.77. The van der Waals surface area contributed by atoms with Gasteiger partial charge in [-0.2, -0.15) is 0 Å². The van der Waals surface area contributed by atoms with Gasteiger partial charge in [-0.15, -0.1) is 0 Å². The van der Waals surface area contributed by atoms with Gasteiger partial charge in [0.05, 0.1) is 12.5 Å². The minimum atomic E-state index is -1.62. The number of guanidine groups is 1. The van der Waals surface area contributed by atoms with E-state index in [4.69, 9.17) is 22.9 Å². The number of aromatic hydroxyl groups is 1. The highest BCUT2D eigenvalue weighted by Crippen LogP contribution is 2.13. The van der Waals surface area contributed by atoms with Crippen molar-refractivity contribution in [1.29, 1.82) is 0 Å². The van der Waals surface area contributed by atoms with Crippen molar-refractivity contribution >= 4 is 35.6 Å². The molecule has 1 rings (SSSR count). The molecule has 0 heterocycles. The molecule has 13 N–H and O–H groups in total. The second-order valence-corrected chi connectivity index (χ2v) is 9.42. The minimum Gasteiger partial charge on any atom is -0.508 e. The number of nitrogens with zero attached hydrogens (tertiary/aromatic N) is 1. The number of phenolic OH excluding ortho intramolecular Hbond substituents is 1. The van der Waals surface area contributed by atoms with Crippen LogP contribution in [0.2, 0.25) is 0 Å². The first kappa shape index (κ1) is 33.6. The molecule has 0 spiro atoms. The van der Waals surface area contributed by atoms with Crippen molar-refractivity contribution in [2.45, 2.75) is 70.1 Å². The van der Waals surface area contributed by atoms with Gasteiger partial charge < -0.3 is 49.1 Å². The van der Waals surface area contributed by atoms with Crippen LogP contribution in [0.15, 0.2) is 29.3 Å². The summed E-state index contributed by atoms with van der Waals surface area (Å²) in [5, 5.41) is 26.3. The average Bonchev–Trinajstić information content (AvgIpc) is 2.89. The molecule has 0 aliphatic rings. The second kappa shape index (κ2) is 16.5. The van der Waals surface area contributed by atoms with Gasteiger partial charge in [0.15, 0.2) is 5.96 Å². The Morgan fingerprint density at radius 1 is 0.900 bits per heavy atom. The third-order valence-electron chi connectivity index (χ3n) is 6.17. The first-order chi connectivity index (χ1) is 18.7. The Hall–Kier alpha value is -4.40. The van der Waals surface area contributed by atoms with E-state index in [0.29, 0.717) is 12.0 Å². The molecule has 5 atom stereocenters. The number of rotatable bonds is 17. The number of nitrogens with one attached hydrogen (secondary N) is 3. The summed E-state index contributed by atoms with van der Waals surface area (Å²) in [4.78, 5) is 65.9. The van der Waals surface area contributed by atoms with Crippen LogP contribution in [-0.2, 0) is 30.4 Å². The average molecular weight is 565 g/mol. The number of amides is 4. The zero-order valence-electron chi connectivity index (χ0n) is 22.6. The number of aliphatic carboxylic acids is 1. The molecule has 0 aliphatic heterocycles. The number of aliphatic imine (C=N–C) groups is 1. The standard InChI is InChI=1S/C25H40N8O7/c1-3-13(2)20(27)23(38)32-17(11-14-6-8-15(34)9-7-14)22(37)31-16(5-4-10-30-25(28)29)21(36)33-18(24(39)40)12-19(26)35/h6-9,13,16-18,20,34H,3-5,10-12,27H2,1-2H3,(H2,26,35)(H,31,37)(H,32,38)(H,33,36)(H,39,40)(H4,28,29,30). The van der Waals surface area contributed by atoms with Gasteiger partial charge in [-0.3, -0.25) is 24.2 Å². The Bertz CT molecular complexity index is 1060. The molecule has 1 aromatic carbocycles. The number of primary amides is 1. The maximum absolute atomic E-state index is 13.4. The van der Waals surface area contributed by atoms with Crippen molar-refractivity contribution in [3.05, 3.63) is 29.8 Å². The normalized spacial score (nSPS) is 14.5. The van der Waals surface area contributed by atoms with Crippen molar-refractivity contribution < 1.29 is 34.2 Å². The van der Waals surface area contributed by atoms with Gasteiger partial charge in [-0.25, -0.2) is 4.79 Å². The fourth-order valence-electron chi connectivity index (χ4n) is 3.58. The van der Waals surface area contributed by atoms with Gasteiger partial charge >= 0.3 is 5.97 Å². The molecule has 0 radical (unpaired) electrons. The smallest absolute Gasteiger partial charge is 0.326 e. The molecule has 4 amide bonds. The molecule has 40 heavy (non-hydrogen) atoms. The highest BCUT2D eigenvalue weighted by Gasteiger charge is 2.31. The SMILES string of the molecule is CCC(C)C(N)C(=O)NC(Cc1ccc(O)cc1)C(=O)NC(CCCN=C(N)N)C(=O)NC(CC(N)=O)C(=O)O. The number of carboxylic acid groups (broad SMARTS) is 1. The summed E-state index contributed by atoms with van der Waals surface area (Å²) in [7, 11) is 0. The van der Waals surface area contributed by atoms with Crippen LogP contribution in [0.1, 0.15) is 45.1 Å². The van der Waals surface area contributed by atoms with Gasteiger partial charge in [0.1, 0.15) is 23.9 Å². The molecular formula is C25H40N8O7. The van der Waals surface area contributed by atoms with E-state index in [9.17, 15) is 34.2 Å². The predicted molar refractivity (Wildman–Crippen MR) is 146 cm³/mol. The van der Waals surface area contributed by atoms with E-state index in [1.807, 2.05) is 6.92 Å². The molecule has 15 nitrogen and oxygen atoms in total. The monoisotopic (exact) mass is 564 g/mol. The summed E-state index contributed by atoms with van der Waals surface area (Å²) in [5.41, 5.74) is 22.4. The Labute approximate surface area is 232 Å². The van der Waals surface area contributed by atoms with E-state index in [2.05, 4.69) is 20.9 Å². The summed E-state index contributed by atoms with van der Waals surface area (Å²) in [5.74, 6) is -5.00. The van der Waals surface area contributed by atoms with Crippen molar-refractivity contribution in [2.24, 2.45) is 33.8 Å². The zero-order chi connectivity index (χ0) is 30.4. The van der Waals surface area contributed by atoms with Gasteiger partial charge in [-0.1, -0.05) is 32.4 Å². The molecular weight excluding hydrogens is 524 g/mol. The van der Waals surface area contributed by atoms with E-state index < -0.39 is 60.2 Å². The number of phenols is 1. The molecule has 0 fully saturated rings. The maximum Gasteiger partial charge on any atom is 0.326 e. The molecule has 0 saturated carbocycles.